The second-order valence-corrected chi connectivity index (χ2v) is 32.2. The van der Waals surface area contributed by atoms with Crippen molar-refractivity contribution in [3.8, 4) is 0 Å². The maximum absolute atomic E-state index is 13.1. The van der Waals surface area contributed by atoms with Crippen LogP contribution < -0.4 is 0 Å². The van der Waals surface area contributed by atoms with E-state index in [1.54, 1.807) is 0 Å². The molecule has 0 aromatic carbocycles. The average Bonchev–Trinajstić information content (AvgIpc) is 1.10. The summed E-state index contributed by atoms with van der Waals surface area (Å²) in [5.41, 5.74) is 0. The normalized spacial score (nSPS) is 13.9. The minimum absolute atomic E-state index is 0.107. The lowest BCUT2D eigenvalue weighted by atomic mass is 10.0. The Balaban J connectivity index is 5.18. The van der Waals surface area contributed by atoms with Crippen molar-refractivity contribution >= 4 is 39.5 Å². The summed E-state index contributed by atoms with van der Waals surface area (Å²) in [5, 5.41) is 10.6. The number of hydrogen-bond acceptors (Lipinski definition) is 15. The maximum atomic E-state index is 13.1. The Kier molecular flexibility index (Phi) is 71.6. The van der Waals surface area contributed by atoms with Gasteiger partial charge in [-0.25, -0.2) is 9.13 Å². The molecule has 0 aliphatic heterocycles. The summed E-state index contributed by atoms with van der Waals surface area (Å²) in [6.45, 7) is 7.30. The summed E-state index contributed by atoms with van der Waals surface area (Å²) >= 11 is 0. The number of hydrogen-bond donors (Lipinski definition) is 3. The van der Waals surface area contributed by atoms with E-state index in [4.69, 9.17) is 37.0 Å². The minimum Gasteiger partial charge on any atom is -0.462 e. The van der Waals surface area contributed by atoms with E-state index in [0.29, 0.717) is 25.7 Å². The van der Waals surface area contributed by atoms with Crippen molar-refractivity contribution in [2.45, 2.75) is 445 Å². The topological polar surface area (TPSA) is 237 Å². The Morgan fingerprint density at radius 2 is 0.465 bits per heavy atom. The van der Waals surface area contributed by atoms with Crippen molar-refractivity contribution in [1.29, 1.82) is 0 Å². The van der Waals surface area contributed by atoms with E-state index >= 15 is 0 Å². The molecule has 19 heteroatoms. The number of ether oxygens (including phenoxy) is 4. The highest BCUT2D eigenvalue weighted by Gasteiger charge is 2.30. The maximum Gasteiger partial charge on any atom is 0.472 e. The molecule has 2 unspecified atom stereocenters. The van der Waals surface area contributed by atoms with E-state index < -0.39 is 97.5 Å². The van der Waals surface area contributed by atoms with Crippen LogP contribution in [0.25, 0.3) is 0 Å². The van der Waals surface area contributed by atoms with Crippen LogP contribution in [0.4, 0.5) is 0 Å². The average molecular weight is 1450 g/mol. The molecule has 0 aromatic rings. The van der Waals surface area contributed by atoms with Gasteiger partial charge in [0.1, 0.15) is 19.3 Å². The molecule has 588 valence electrons. The number of rotatable bonds is 80. The Labute approximate surface area is 607 Å². The van der Waals surface area contributed by atoms with Gasteiger partial charge in [-0.2, -0.15) is 0 Å². The summed E-state index contributed by atoms with van der Waals surface area (Å²) in [7, 11) is -9.91. The highest BCUT2D eigenvalue weighted by molar-refractivity contribution is 7.47. The quantitative estimate of drug-likeness (QED) is 0.0222. The van der Waals surface area contributed by atoms with E-state index in [1.165, 1.54) is 238 Å². The Bertz CT molecular complexity index is 1890. The zero-order valence-corrected chi connectivity index (χ0v) is 66.4. The van der Waals surface area contributed by atoms with Crippen LogP contribution in [-0.2, 0) is 65.4 Å². The molecule has 0 saturated carbocycles. The third-order valence-electron chi connectivity index (χ3n) is 18.8. The van der Waals surface area contributed by atoms with Crippen LogP contribution in [-0.4, -0.2) is 96.7 Å². The SMILES string of the molecule is CCCCCCCCCCCCCCCCCCCCCC(=O)O[C@H](COC(=O)CCCCCCCCCCCCCCCCCCC)COP(=O)(O)OC[C@@H](O)COP(=O)(O)OC[C@@H](COC(=O)CCCCCCCCC)OC(=O)CCCCCCCCCCCCCCCC(C)C. The summed E-state index contributed by atoms with van der Waals surface area (Å²) in [5.74, 6) is -1.33. The van der Waals surface area contributed by atoms with Crippen LogP contribution >= 0.6 is 15.6 Å². The van der Waals surface area contributed by atoms with Crippen LogP contribution in [0, 0.1) is 5.92 Å². The molecule has 3 N–H and O–H groups in total. The third kappa shape index (κ3) is 74.1. The van der Waals surface area contributed by atoms with Gasteiger partial charge in [-0.05, 0) is 31.6 Å². The molecule has 0 saturated heterocycles. The lowest BCUT2D eigenvalue weighted by Crippen LogP contribution is -2.30. The summed E-state index contributed by atoms with van der Waals surface area (Å²) in [6, 6.07) is 0. The van der Waals surface area contributed by atoms with Crippen LogP contribution in [0.5, 0.6) is 0 Å². The zero-order chi connectivity index (χ0) is 72.7. The molecule has 5 atom stereocenters. The van der Waals surface area contributed by atoms with Crippen LogP contribution in [0.3, 0.4) is 0 Å². The Morgan fingerprint density at radius 3 is 0.687 bits per heavy atom. The monoisotopic (exact) mass is 1450 g/mol. The number of unbranched alkanes of at least 4 members (excludes halogenated alkanes) is 52. The van der Waals surface area contributed by atoms with Gasteiger partial charge in [0, 0.05) is 25.7 Å². The van der Waals surface area contributed by atoms with Crippen molar-refractivity contribution in [1.82, 2.24) is 0 Å². The highest BCUT2D eigenvalue weighted by atomic mass is 31.2. The van der Waals surface area contributed by atoms with Gasteiger partial charge >= 0.3 is 39.5 Å². The molecule has 0 aliphatic rings. The molecule has 17 nitrogen and oxygen atoms in total. The largest absolute Gasteiger partial charge is 0.472 e. The van der Waals surface area contributed by atoms with Crippen molar-refractivity contribution in [3.05, 3.63) is 0 Å². The molecule has 0 spiro atoms. The molecule has 0 aromatic heterocycles. The van der Waals surface area contributed by atoms with Crippen molar-refractivity contribution < 1.29 is 80.2 Å². The lowest BCUT2D eigenvalue weighted by Gasteiger charge is -2.21. The van der Waals surface area contributed by atoms with E-state index in [0.717, 1.165) is 109 Å². The fraction of sp³-hybridized carbons (Fsp3) is 0.950. The fourth-order valence-corrected chi connectivity index (χ4v) is 14.0. The first-order valence-electron chi connectivity index (χ1n) is 41.6. The number of carbonyl (C=O) groups is 4. The molecule has 0 amide bonds. The molecule has 0 fully saturated rings. The molecule has 0 aliphatic carbocycles. The minimum atomic E-state index is -4.96. The smallest absolute Gasteiger partial charge is 0.462 e. The first kappa shape index (κ1) is 97.1. The number of phosphoric acid groups is 2. The van der Waals surface area contributed by atoms with Gasteiger partial charge in [0.2, 0.25) is 0 Å². The van der Waals surface area contributed by atoms with E-state index in [1.807, 2.05) is 0 Å². The van der Waals surface area contributed by atoms with E-state index in [9.17, 15) is 43.2 Å². The Morgan fingerprint density at radius 1 is 0.273 bits per heavy atom. The third-order valence-corrected chi connectivity index (χ3v) is 20.7. The number of carbonyl (C=O) groups excluding carboxylic acids is 4. The molecule has 99 heavy (non-hydrogen) atoms. The molecule has 0 rings (SSSR count). The zero-order valence-electron chi connectivity index (χ0n) is 64.6. The van der Waals surface area contributed by atoms with Crippen LogP contribution in [0.15, 0.2) is 0 Å². The predicted octanol–water partition coefficient (Wildman–Crippen LogP) is 24.0. The summed E-state index contributed by atoms with van der Waals surface area (Å²) < 4.78 is 68.6. The molecule has 0 heterocycles. The second-order valence-electron chi connectivity index (χ2n) is 29.3. The number of aliphatic hydroxyl groups is 1. The highest BCUT2D eigenvalue weighted by Crippen LogP contribution is 2.45. The molecule has 0 bridgehead atoms. The standard InChI is InChI=1S/C80H156O17P2/c1-6-9-12-15-18-20-22-24-26-28-29-31-33-37-41-45-50-55-60-65-80(85)97-76(70-91-78(83)64-59-54-49-44-40-36-32-30-27-25-23-21-19-16-13-10-7-2)72-95-99(88,89)93-68-74(81)67-92-98(86,87)94-71-75(69-90-77(82)63-58-53-47-17-14-11-8-3)96-79(84)66-61-56-51-46-42-38-34-35-39-43-48-52-57-62-73(4)5/h73-76,81H,6-72H2,1-5H3,(H,86,87)(H,88,89)/t74-,75+,76+/m0/s1. The first-order valence-corrected chi connectivity index (χ1v) is 44.6. The molecular formula is C80H156O17P2. The van der Waals surface area contributed by atoms with Gasteiger partial charge in [-0.15, -0.1) is 0 Å². The summed E-state index contributed by atoms with van der Waals surface area (Å²) in [6.07, 6.45) is 64.0. The fourth-order valence-electron chi connectivity index (χ4n) is 12.4. The second kappa shape index (κ2) is 73.0. The van der Waals surface area contributed by atoms with E-state index in [2.05, 4.69) is 34.6 Å². The van der Waals surface area contributed by atoms with Crippen molar-refractivity contribution in [3.63, 3.8) is 0 Å². The number of esters is 4. The van der Waals surface area contributed by atoms with Gasteiger partial charge in [-0.3, -0.25) is 37.3 Å². The van der Waals surface area contributed by atoms with Crippen LogP contribution in [0.2, 0.25) is 0 Å². The van der Waals surface area contributed by atoms with Crippen LogP contribution in [0.1, 0.15) is 426 Å². The molecular weight excluding hydrogens is 1290 g/mol. The van der Waals surface area contributed by atoms with Gasteiger partial charge in [0.05, 0.1) is 26.4 Å². The first-order chi connectivity index (χ1) is 48.0. The molecule has 0 radical (unpaired) electrons. The number of aliphatic hydroxyl groups excluding tert-OH is 1. The van der Waals surface area contributed by atoms with E-state index in [-0.39, 0.29) is 25.7 Å². The van der Waals surface area contributed by atoms with Gasteiger partial charge in [0.25, 0.3) is 0 Å². The van der Waals surface area contributed by atoms with Crippen molar-refractivity contribution in [2.75, 3.05) is 39.6 Å². The van der Waals surface area contributed by atoms with Gasteiger partial charge in [-0.1, -0.05) is 375 Å². The lowest BCUT2D eigenvalue weighted by molar-refractivity contribution is -0.161. The predicted molar refractivity (Wildman–Crippen MR) is 405 cm³/mol. The van der Waals surface area contributed by atoms with Gasteiger partial charge in [0.15, 0.2) is 12.2 Å². The van der Waals surface area contributed by atoms with Gasteiger partial charge < -0.3 is 33.8 Å². The van der Waals surface area contributed by atoms with Crippen molar-refractivity contribution in [2.24, 2.45) is 5.92 Å². The summed E-state index contributed by atoms with van der Waals surface area (Å²) in [4.78, 5) is 72.9. The number of phosphoric ester groups is 2. The Hall–Kier alpha value is -1.94.